The molecular weight excluding hydrogens is 425 g/mol. The van der Waals surface area contributed by atoms with E-state index in [4.69, 9.17) is 0 Å². The number of amides is 1. The van der Waals surface area contributed by atoms with Crippen molar-refractivity contribution in [2.45, 2.75) is 33.6 Å². The van der Waals surface area contributed by atoms with E-state index in [9.17, 15) is 4.79 Å². The van der Waals surface area contributed by atoms with E-state index < -0.39 is 0 Å². The Hall–Kier alpha value is -0.900. The summed E-state index contributed by atoms with van der Waals surface area (Å²) in [7, 11) is 3.53. The predicted molar refractivity (Wildman–Crippen MR) is 108 cm³/mol. The van der Waals surface area contributed by atoms with Gasteiger partial charge in [-0.05, 0) is 20.8 Å². The second kappa shape index (κ2) is 11.6. The van der Waals surface area contributed by atoms with Crippen molar-refractivity contribution in [1.82, 2.24) is 20.5 Å². The van der Waals surface area contributed by atoms with Crippen LogP contribution in [0, 0.1) is 13.8 Å². The Kier molecular flexibility index (Phi) is 11.2. The lowest BCUT2D eigenvalue weighted by Crippen LogP contribution is -2.39. The summed E-state index contributed by atoms with van der Waals surface area (Å²) >= 11 is 1.73. The maximum absolute atomic E-state index is 11.5. The highest BCUT2D eigenvalue weighted by atomic mass is 127. The summed E-state index contributed by atoms with van der Waals surface area (Å²) < 4.78 is 0. The van der Waals surface area contributed by atoms with Crippen molar-refractivity contribution in [3.63, 3.8) is 0 Å². The number of carbonyl (C=O) groups is 1. The molecule has 0 saturated heterocycles. The lowest BCUT2D eigenvalue weighted by atomic mass is 10.4. The van der Waals surface area contributed by atoms with Crippen molar-refractivity contribution in [2.24, 2.45) is 4.99 Å². The second-order valence-electron chi connectivity index (χ2n) is 5.22. The van der Waals surface area contributed by atoms with Gasteiger partial charge >= 0.3 is 0 Å². The smallest absolute Gasteiger partial charge is 0.223 e. The van der Waals surface area contributed by atoms with E-state index in [-0.39, 0.29) is 29.9 Å². The molecule has 6 nitrogen and oxygen atoms in total. The Bertz CT molecular complexity index is 496. The summed E-state index contributed by atoms with van der Waals surface area (Å²) in [6.45, 7) is 8.21. The van der Waals surface area contributed by atoms with E-state index in [0.29, 0.717) is 19.5 Å². The van der Waals surface area contributed by atoms with Gasteiger partial charge < -0.3 is 15.5 Å². The molecule has 8 heteroatoms. The molecule has 0 aliphatic carbocycles. The van der Waals surface area contributed by atoms with Gasteiger partial charge in [-0.1, -0.05) is 0 Å². The molecule has 1 aromatic rings. The summed E-state index contributed by atoms with van der Waals surface area (Å²) in [5.41, 5.74) is 1.11. The Morgan fingerprint density at radius 1 is 1.30 bits per heavy atom. The maximum atomic E-state index is 11.5. The van der Waals surface area contributed by atoms with Gasteiger partial charge in [0.1, 0.15) is 0 Å². The standard InChI is InChI=1S/C15H27N5OS.HI/c1-6-16-15(18-10-8-14(21)20(4)5)17-9-7-13-19-11(2)12(3)22-13;/h6-10H2,1-5H3,(H2,16,17,18);1H. The molecule has 0 spiro atoms. The Morgan fingerprint density at radius 2 is 2.00 bits per heavy atom. The first-order chi connectivity index (χ1) is 10.4. The molecule has 0 bridgehead atoms. The van der Waals surface area contributed by atoms with Crippen LogP contribution in [-0.4, -0.2) is 55.5 Å². The average molecular weight is 453 g/mol. The Morgan fingerprint density at radius 3 is 2.52 bits per heavy atom. The zero-order chi connectivity index (χ0) is 16.5. The van der Waals surface area contributed by atoms with E-state index in [2.05, 4.69) is 27.5 Å². The highest BCUT2D eigenvalue weighted by molar-refractivity contribution is 14.0. The summed E-state index contributed by atoms with van der Waals surface area (Å²) in [4.78, 5) is 23.4. The number of nitrogens with zero attached hydrogens (tertiary/aromatic N) is 3. The van der Waals surface area contributed by atoms with Crippen molar-refractivity contribution in [2.75, 3.05) is 33.7 Å². The number of hydrogen-bond donors (Lipinski definition) is 2. The minimum Gasteiger partial charge on any atom is -0.357 e. The molecule has 1 rings (SSSR count). The van der Waals surface area contributed by atoms with Crippen molar-refractivity contribution in [3.8, 4) is 0 Å². The number of halogens is 1. The molecule has 0 saturated carbocycles. The fraction of sp³-hybridized carbons (Fsp3) is 0.667. The number of hydrogen-bond acceptors (Lipinski definition) is 4. The van der Waals surface area contributed by atoms with E-state index in [0.717, 1.165) is 29.6 Å². The third kappa shape index (κ3) is 8.50. The van der Waals surface area contributed by atoms with Gasteiger partial charge in [0.15, 0.2) is 5.96 Å². The highest BCUT2D eigenvalue weighted by Crippen LogP contribution is 2.16. The fourth-order valence-corrected chi connectivity index (χ4v) is 2.69. The molecule has 132 valence electrons. The molecule has 0 atom stereocenters. The number of aryl methyl sites for hydroxylation is 2. The molecule has 2 N–H and O–H groups in total. The van der Waals surface area contributed by atoms with E-state index in [1.165, 1.54) is 4.88 Å². The van der Waals surface area contributed by atoms with Crippen LogP contribution in [0.2, 0.25) is 0 Å². The molecule has 0 aliphatic heterocycles. The number of carbonyl (C=O) groups excluding carboxylic acids is 1. The molecule has 1 aromatic heterocycles. The number of nitrogens with one attached hydrogen (secondary N) is 2. The third-order valence-corrected chi connectivity index (χ3v) is 4.28. The summed E-state index contributed by atoms with van der Waals surface area (Å²) in [5.74, 6) is 0.858. The van der Waals surface area contributed by atoms with Gasteiger partial charge in [0, 0.05) is 51.4 Å². The minimum atomic E-state index is 0. The highest BCUT2D eigenvalue weighted by Gasteiger charge is 2.05. The number of guanidine groups is 1. The molecule has 0 unspecified atom stereocenters. The number of aromatic nitrogens is 1. The fourth-order valence-electron chi connectivity index (χ4n) is 1.76. The van der Waals surface area contributed by atoms with Crippen molar-refractivity contribution in [3.05, 3.63) is 15.6 Å². The quantitative estimate of drug-likeness (QED) is 0.376. The van der Waals surface area contributed by atoms with Gasteiger partial charge in [0.05, 0.1) is 10.7 Å². The normalized spacial score (nSPS) is 10.9. The van der Waals surface area contributed by atoms with Gasteiger partial charge in [0.25, 0.3) is 0 Å². The topological polar surface area (TPSA) is 69.6 Å². The minimum absolute atomic E-state index is 0. The molecule has 0 aromatic carbocycles. The summed E-state index contributed by atoms with van der Waals surface area (Å²) in [6, 6.07) is 0. The van der Waals surface area contributed by atoms with E-state index in [1.54, 1.807) is 30.3 Å². The van der Waals surface area contributed by atoms with Crippen LogP contribution < -0.4 is 10.6 Å². The van der Waals surface area contributed by atoms with Gasteiger partial charge in [-0.3, -0.25) is 9.79 Å². The van der Waals surface area contributed by atoms with Crippen LogP contribution in [0.25, 0.3) is 0 Å². The lowest BCUT2D eigenvalue weighted by Gasteiger charge is -2.13. The first kappa shape index (κ1) is 22.1. The predicted octanol–water partition coefficient (Wildman–Crippen LogP) is 1.95. The lowest BCUT2D eigenvalue weighted by molar-refractivity contribution is -0.128. The van der Waals surface area contributed by atoms with Crippen LogP contribution in [0.15, 0.2) is 4.99 Å². The molecule has 1 amide bonds. The molecule has 1 heterocycles. The first-order valence-corrected chi connectivity index (χ1v) is 8.41. The van der Waals surface area contributed by atoms with E-state index in [1.807, 2.05) is 13.8 Å². The maximum Gasteiger partial charge on any atom is 0.223 e. The molecule has 0 radical (unpaired) electrons. The number of thiazole rings is 1. The van der Waals surface area contributed by atoms with Crippen LogP contribution in [0.1, 0.15) is 28.9 Å². The third-order valence-electron chi connectivity index (χ3n) is 3.14. The van der Waals surface area contributed by atoms with Crippen LogP contribution in [0.3, 0.4) is 0 Å². The number of aliphatic imine (C=N–C) groups is 1. The van der Waals surface area contributed by atoms with Crippen LogP contribution in [-0.2, 0) is 11.2 Å². The van der Waals surface area contributed by atoms with E-state index >= 15 is 0 Å². The largest absolute Gasteiger partial charge is 0.357 e. The van der Waals surface area contributed by atoms with Gasteiger partial charge in [-0.25, -0.2) is 4.98 Å². The van der Waals surface area contributed by atoms with Crippen LogP contribution in [0.4, 0.5) is 0 Å². The van der Waals surface area contributed by atoms with Crippen molar-refractivity contribution in [1.29, 1.82) is 0 Å². The monoisotopic (exact) mass is 453 g/mol. The van der Waals surface area contributed by atoms with Crippen molar-refractivity contribution < 1.29 is 4.79 Å². The van der Waals surface area contributed by atoms with Gasteiger partial charge in [0.2, 0.25) is 5.91 Å². The van der Waals surface area contributed by atoms with Crippen LogP contribution >= 0.6 is 35.3 Å². The zero-order valence-electron chi connectivity index (χ0n) is 14.6. The van der Waals surface area contributed by atoms with Gasteiger partial charge in [-0.15, -0.1) is 35.3 Å². The second-order valence-corrected chi connectivity index (χ2v) is 6.51. The Balaban J connectivity index is 0.00000484. The SMILES string of the molecule is CCNC(=NCCc1nc(C)c(C)s1)NCCC(=O)N(C)C.I. The first-order valence-electron chi connectivity index (χ1n) is 7.59. The average Bonchev–Trinajstić information content (AvgIpc) is 2.77. The van der Waals surface area contributed by atoms with Crippen molar-refractivity contribution >= 4 is 47.2 Å². The Labute approximate surface area is 160 Å². The zero-order valence-corrected chi connectivity index (χ0v) is 17.7. The summed E-state index contributed by atoms with van der Waals surface area (Å²) in [5, 5.41) is 7.49. The molecule has 0 fully saturated rings. The molecule has 23 heavy (non-hydrogen) atoms. The van der Waals surface area contributed by atoms with Gasteiger partial charge in [-0.2, -0.15) is 0 Å². The summed E-state index contributed by atoms with van der Waals surface area (Å²) in [6.07, 6.45) is 1.30. The number of rotatable bonds is 7. The molecule has 0 aliphatic rings. The van der Waals surface area contributed by atoms with Crippen LogP contribution in [0.5, 0.6) is 0 Å². The molecular formula is C15H28IN5OS.